The fraction of sp³-hybridized carbons (Fsp3) is 0.0968. The predicted molar refractivity (Wildman–Crippen MR) is 153 cm³/mol. The van der Waals surface area contributed by atoms with Crippen molar-refractivity contribution in [1.82, 2.24) is 14.9 Å². The molecule has 7 heteroatoms. The van der Waals surface area contributed by atoms with Crippen molar-refractivity contribution < 1.29 is 9.47 Å². The molecule has 1 saturated heterocycles. The van der Waals surface area contributed by atoms with Gasteiger partial charge in [0, 0.05) is 23.8 Å². The van der Waals surface area contributed by atoms with Crippen molar-refractivity contribution in [1.29, 1.82) is 0 Å². The van der Waals surface area contributed by atoms with Crippen LogP contribution in [0.3, 0.4) is 0 Å². The fourth-order valence-electron chi connectivity index (χ4n) is 4.92. The van der Waals surface area contributed by atoms with Crippen molar-refractivity contribution in [3.8, 4) is 22.9 Å². The van der Waals surface area contributed by atoms with Crippen LogP contribution in [0.1, 0.15) is 23.5 Å². The summed E-state index contributed by atoms with van der Waals surface area (Å²) in [6, 6.07) is 35.6. The summed E-state index contributed by atoms with van der Waals surface area (Å²) in [5.74, 6) is 2.34. The smallest absolute Gasteiger partial charge is 0.174 e. The molecule has 2 aromatic heterocycles. The molecule has 6 nitrogen and oxygen atoms in total. The molecule has 1 aliphatic heterocycles. The third-order valence-electron chi connectivity index (χ3n) is 6.62. The molecule has 0 unspecified atom stereocenters. The average molecular weight is 519 g/mol. The van der Waals surface area contributed by atoms with Crippen molar-refractivity contribution in [3.63, 3.8) is 0 Å². The number of hydrogen-bond acceptors (Lipinski definition) is 4. The summed E-state index contributed by atoms with van der Waals surface area (Å²) in [7, 11) is 1.69. The molecule has 1 N–H and O–H groups in total. The van der Waals surface area contributed by atoms with E-state index in [2.05, 4.69) is 38.1 Å². The van der Waals surface area contributed by atoms with Gasteiger partial charge in [-0.15, -0.1) is 0 Å². The molecule has 1 fully saturated rings. The van der Waals surface area contributed by atoms with E-state index in [0.29, 0.717) is 5.11 Å². The zero-order valence-electron chi connectivity index (χ0n) is 20.8. The van der Waals surface area contributed by atoms with Gasteiger partial charge in [-0.1, -0.05) is 36.4 Å². The Kier molecular flexibility index (Phi) is 6.50. The first-order chi connectivity index (χ1) is 18.7. The van der Waals surface area contributed by atoms with Crippen molar-refractivity contribution in [2.75, 3.05) is 12.0 Å². The van der Waals surface area contributed by atoms with E-state index >= 15 is 0 Å². The van der Waals surface area contributed by atoms with E-state index in [0.717, 1.165) is 40.0 Å². The van der Waals surface area contributed by atoms with E-state index in [9.17, 15) is 0 Å². The first-order valence-corrected chi connectivity index (χ1v) is 12.8. The molecule has 188 valence electrons. The summed E-state index contributed by atoms with van der Waals surface area (Å²) < 4.78 is 13.9. The number of methoxy groups -OCH3 is 1. The van der Waals surface area contributed by atoms with Gasteiger partial charge in [-0.3, -0.25) is 4.98 Å². The molecule has 0 amide bonds. The van der Waals surface area contributed by atoms with Crippen LogP contribution in [0.5, 0.6) is 17.2 Å². The molecule has 0 bridgehead atoms. The minimum Gasteiger partial charge on any atom is -0.495 e. The summed E-state index contributed by atoms with van der Waals surface area (Å²) >= 11 is 5.92. The molecule has 0 saturated carbocycles. The van der Waals surface area contributed by atoms with Crippen LogP contribution in [0.15, 0.2) is 122 Å². The number of anilines is 1. The summed E-state index contributed by atoms with van der Waals surface area (Å²) in [6.07, 6.45) is 3.87. The van der Waals surface area contributed by atoms with Crippen LogP contribution in [0.25, 0.3) is 5.69 Å². The minimum atomic E-state index is -0.168. The Balaban J connectivity index is 1.42. The lowest BCUT2D eigenvalue weighted by Gasteiger charge is -2.29. The molecule has 0 aliphatic carbocycles. The number of hydrogen-bond donors (Lipinski definition) is 1. The van der Waals surface area contributed by atoms with Crippen molar-refractivity contribution in [2.24, 2.45) is 0 Å². The number of thiocarbonyl (C=S) groups is 1. The quantitative estimate of drug-likeness (QED) is 0.238. The van der Waals surface area contributed by atoms with Crippen molar-refractivity contribution in [2.45, 2.75) is 12.1 Å². The monoisotopic (exact) mass is 518 g/mol. The van der Waals surface area contributed by atoms with Crippen LogP contribution in [-0.4, -0.2) is 21.8 Å². The van der Waals surface area contributed by atoms with Crippen LogP contribution in [0.2, 0.25) is 0 Å². The highest BCUT2D eigenvalue weighted by Crippen LogP contribution is 2.43. The largest absolute Gasteiger partial charge is 0.495 e. The number of ether oxygens (including phenoxy) is 2. The topological polar surface area (TPSA) is 51.5 Å². The van der Waals surface area contributed by atoms with Gasteiger partial charge in [-0.25, -0.2) is 0 Å². The number of para-hydroxylation sites is 3. The zero-order chi connectivity index (χ0) is 25.9. The molecule has 6 rings (SSSR count). The highest BCUT2D eigenvalue weighted by molar-refractivity contribution is 7.80. The van der Waals surface area contributed by atoms with Crippen LogP contribution in [0.4, 0.5) is 5.69 Å². The summed E-state index contributed by atoms with van der Waals surface area (Å²) in [5, 5.41) is 4.17. The Hall–Kier alpha value is -4.62. The number of pyridine rings is 1. The average Bonchev–Trinajstić information content (AvgIpc) is 3.59. The third kappa shape index (κ3) is 4.48. The van der Waals surface area contributed by atoms with Crippen LogP contribution < -0.4 is 19.7 Å². The molecule has 1 aliphatic rings. The van der Waals surface area contributed by atoms with Gasteiger partial charge in [0.15, 0.2) is 5.11 Å². The predicted octanol–water partition coefficient (Wildman–Crippen LogP) is 6.85. The summed E-state index contributed by atoms with van der Waals surface area (Å²) in [6.45, 7) is 0. The number of benzene rings is 3. The summed E-state index contributed by atoms with van der Waals surface area (Å²) in [4.78, 5) is 6.83. The first kappa shape index (κ1) is 23.8. The van der Waals surface area contributed by atoms with Crippen LogP contribution in [0, 0.1) is 0 Å². The molecule has 0 spiro atoms. The van der Waals surface area contributed by atoms with Gasteiger partial charge in [-0.05, 0) is 85.0 Å². The maximum Gasteiger partial charge on any atom is 0.174 e. The zero-order valence-corrected chi connectivity index (χ0v) is 21.6. The van der Waals surface area contributed by atoms with Gasteiger partial charge in [-0.2, -0.15) is 0 Å². The molecule has 2 atom stereocenters. The molecule has 3 aromatic carbocycles. The summed E-state index contributed by atoms with van der Waals surface area (Å²) in [5.41, 5.74) is 3.89. The Morgan fingerprint density at radius 2 is 1.53 bits per heavy atom. The van der Waals surface area contributed by atoms with Gasteiger partial charge in [0.1, 0.15) is 23.3 Å². The molecule has 0 radical (unpaired) electrons. The fourth-order valence-corrected chi connectivity index (χ4v) is 5.26. The maximum atomic E-state index is 6.02. The standard InChI is InChI=1S/C31H26N4O2S/c1-36-28-15-6-5-13-26(28)34-21-9-14-27(34)30-29(25-12-7-8-20-32-25)33-31(38)35(30)22-16-18-24(19-17-22)37-23-10-3-2-4-11-23/h2-21,29-30H,1H3,(H,33,38)/t29-,30-/m0/s1. The lowest BCUT2D eigenvalue weighted by atomic mass is 10.0. The van der Waals surface area contributed by atoms with Crippen LogP contribution in [-0.2, 0) is 0 Å². The molecule has 3 heterocycles. The van der Waals surface area contributed by atoms with E-state index < -0.39 is 0 Å². The second kappa shape index (κ2) is 10.4. The number of aromatic nitrogens is 2. The van der Waals surface area contributed by atoms with Crippen molar-refractivity contribution >= 4 is 23.0 Å². The molecule has 5 aromatic rings. The van der Waals surface area contributed by atoms with E-state index in [1.54, 1.807) is 7.11 Å². The van der Waals surface area contributed by atoms with Crippen LogP contribution >= 0.6 is 12.2 Å². The number of nitrogens with one attached hydrogen (secondary N) is 1. The Labute approximate surface area is 227 Å². The minimum absolute atomic E-state index is 0.160. The van der Waals surface area contributed by atoms with Gasteiger partial charge in [0.25, 0.3) is 0 Å². The first-order valence-electron chi connectivity index (χ1n) is 12.4. The normalized spacial score (nSPS) is 16.8. The van der Waals surface area contributed by atoms with Gasteiger partial charge in [0.2, 0.25) is 0 Å². The van der Waals surface area contributed by atoms with Crippen molar-refractivity contribution in [3.05, 3.63) is 133 Å². The SMILES string of the molecule is COc1ccccc1-n1cccc1[C@H]1[C@H](c2ccccn2)NC(=S)N1c1ccc(Oc2ccccc2)cc1. The van der Waals surface area contributed by atoms with E-state index in [1.807, 2.05) is 103 Å². The second-order valence-electron chi connectivity index (χ2n) is 8.88. The number of nitrogens with zero attached hydrogens (tertiary/aromatic N) is 3. The second-order valence-corrected chi connectivity index (χ2v) is 9.27. The van der Waals surface area contributed by atoms with Gasteiger partial charge in [0.05, 0.1) is 24.5 Å². The van der Waals surface area contributed by atoms with E-state index in [-0.39, 0.29) is 12.1 Å². The molecular formula is C31H26N4O2S. The van der Waals surface area contributed by atoms with Gasteiger partial charge >= 0.3 is 0 Å². The highest BCUT2D eigenvalue weighted by Gasteiger charge is 2.42. The van der Waals surface area contributed by atoms with E-state index in [4.69, 9.17) is 21.7 Å². The highest BCUT2D eigenvalue weighted by atomic mass is 32.1. The number of rotatable bonds is 7. The lowest BCUT2D eigenvalue weighted by molar-refractivity contribution is 0.412. The Morgan fingerprint density at radius 1 is 0.789 bits per heavy atom. The maximum absolute atomic E-state index is 6.02. The molecule has 38 heavy (non-hydrogen) atoms. The van der Waals surface area contributed by atoms with Gasteiger partial charge < -0.3 is 24.3 Å². The molecular weight excluding hydrogens is 492 g/mol. The van der Waals surface area contributed by atoms with E-state index in [1.165, 1.54) is 0 Å². The lowest BCUT2D eigenvalue weighted by Crippen LogP contribution is -2.30. The Bertz CT molecular complexity index is 1540. The Morgan fingerprint density at radius 3 is 2.29 bits per heavy atom. The third-order valence-corrected chi connectivity index (χ3v) is 6.93.